The number of hydrogen-bond acceptors (Lipinski definition) is 3. The Labute approximate surface area is 158 Å². The molecule has 2 rings (SSSR count). The average Bonchev–Trinajstić information content (AvgIpc) is 2.54. The fourth-order valence-corrected chi connectivity index (χ4v) is 3.19. The highest BCUT2D eigenvalue weighted by Gasteiger charge is 2.15. The molecule has 0 aliphatic heterocycles. The van der Waals surface area contributed by atoms with Gasteiger partial charge in [0.05, 0.1) is 21.4 Å². The Balaban J connectivity index is 2.50. The predicted molar refractivity (Wildman–Crippen MR) is 107 cm³/mol. The molecule has 1 N–H and O–H groups in total. The van der Waals surface area contributed by atoms with Crippen LogP contribution < -0.4 is 10.3 Å². The number of nitrogens with zero attached hydrogens (tertiary/aromatic N) is 2. The van der Waals surface area contributed by atoms with E-state index in [-0.39, 0.29) is 0 Å². The second-order valence-corrected chi connectivity index (χ2v) is 6.57. The third-order valence-corrected chi connectivity index (χ3v) is 4.39. The smallest absolute Gasteiger partial charge is 0.0966 e. The molecule has 0 heterocycles. The third kappa shape index (κ3) is 4.35. The van der Waals surface area contributed by atoms with E-state index >= 15 is 0 Å². The van der Waals surface area contributed by atoms with Crippen LogP contribution in [0.15, 0.2) is 41.5 Å². The standard InChI is InChI=1S/C18H20Cl3N3/c1-4-10-24(18-15(20)6-5-7-16(18)21)23-12(2)14-11-13(19)8-9-17(14)22-3/h5-9,11,22H,4,10H2,1-3H3/b23-12-. The van der Waals surface area contributed by atoms with Gasteiger partial charge >= 0.3 is 0 Å². The number of anilines is 2. The first-order valence-corrected chi connectivity index (χ1v) is 8.85. The van der Waals surface area contributed by atoms with Crippen LogP contribution in [0.1, 0.15) is 25.8 Å². The number of hydrazone groups is 1. The quantitative estimate of drug-likeness (QED) is 0.465. The fraction of sp³-hybridized carbons (Fsp3) is 0.278. The van der Waals surface area contributed by atoms with Crippen LogP contribution in [0.5, 0.6) is 0 Å². The zero-order valence-corrected chi connectivity index (χ0v) is 16.2. The number of halogens is 3. The summed E-state index contributed by atoms with van der Waals surface area (Å²) in [5.74, 6) is 0. The van der Waals surface area contributed by atoms with Gasteiger partial charge in [0.2, 0.25) is 0 Å². The van der Waals surface area contributed by atoms with E-state index in [4.69, 9.17) is 39.9 Å². The van der Waals surface area contributed by atoms with Gasteiger partial charge in [0.15, 0.2) is 0 Å². The molecule has 0 spiro atoms. The molecule has 2 aromatic carbocycles. The molecule has 6 heteroatoms. The molecule has 0 atom stereocenters. The lowest BCUT2D eigenvalue weighted by Gasteiger charge is -2.22. The molecular weight excluding hydrogens is 365 g/mol. The van der Waals surface area contributed by atoms with Gasteiger partial charge in [0.1, 0.15) is 0 Å². The van der Waals surface area contributed by atoms with Gasteiger partial charge in [-0.2, -0.15) is 5.10 Å². The summed E-state index contributed by atoms with van der Waals surface area (Å²) in [6.07, 6.45) is 0.909. The van der Waals surface area contributed by atoms with Crippen LogP contribution in [0.2, 0.25) is 15.1 Å². The highest BCUT2D eigenvalue weighted by molar-refractivity contribution is 6.39. The number of rotatable bonds is 6. The van der Waals surface area contributed by atoms with Crippen LogP contribution in [-0.2, 0) is 0 Å². The fourth-order valence-electron chi connectivity index (χ4n) is 2.43. The lowest BCUT2D eigenvalue weighted by molar-refractivity contribution is 0.806. The summed E-state index contributed by atoms with van der Waals surface area (Å²) in [5, 5.41) is 11.6. The Hall–Kier alpha value is -1.42. The van der Waals surface area contributed by atoms with Crippen molar-refractivity contribution in [2.75, 3.05) is 23.9 Å². The number of benzene rings is 2. The van der Waals surface area contributed by atoms with E-state index < -0.39 is 0 Å². The largest absolute Gasteiger partial charge is 0.388 e. The van der Waals surface area contributed by atoms with Gasteiger partial charge in [0, 0.05) is 29.9 Å². The van der Waals surface area contributed by atoms with E-state index in [1.165, 1.54) is 0 Å². The molecule has 0 saturated heterocycles. The zero-order chi connectivity index (χ0) is 17.7. The van der Waals surface area contributed by atoms with E-state index in [0.29, 0.717) is 21.6 Å². The van der Waals surface area contributed by atoms with E-state index in [9.17, 15) is 0 Å². The molecule has 0 aliphatic rings. The molecule has 2 aromatic rings. The highest BCUT2D eigenvalue weighted by Crippen LogP contribution is 2.34. The maximum Gasteiger partial charge on any atom is 0.0966 e. The minimum atomic E-state index is 0.576. The molecule has 3 nitrogen and oxygen atoms in total. The van der Waals surface area contributed by atoms with Gasteiger partial charge in [-0.3, -0.25) is 5.01 Å². The molecule has 24 heavy (non-hydrogen) atoms. The monoisotopic (exact) mass is 383 g/mol. The molecular formula is C18H20Cl3N3. The lowest BCUT2D eigenvalue weighted by Crippen LogP contribution is -2.20. The van der Waals surface area contributed by atoms with Crippen molar-refractivity contribution in [2.24, 2.45) is 5.10 Å². The first kappa shape index (κ1) is 18.9. The summed E-state index contributed by atoms with van der Waals surface area (Å²) in [6, 6.07) is 11.1. The van der Waals surface area contributed by atoms with Crippen LogP contribution in [0.3, 0.4) is 0 Å². The molecule has 0 bridgehead atoms. The summed E-state index contributed by atoms with van der Waals surface area (Å²) in [4.78, 5) is 0. The predicted octanol–water partition coefficient (Wildman–Crippen LogP) is 6.33. The zero-order valence-electron chi connectivity index (χ0n) is 13.9. The van der Waals surface area contributed by atoms with Crippen molar-refractivity contribution >= 4 is 51.9 Å². The highest BCUT2D eigenvalue weighted by atomic mass is 35.5. The van der Waals surface area contributed by atoms with Crippen molar-refractivity contribution in [3.63, 3.8) is 0 Å². The number of nitrogens with one attached hydrogen (secondary N) is 1. The van der Waals surface area contributed by atoms with Crippen LogP contribution in [-0.4, -0.2) is 19.3 Å². The molecule has 128 valence electrons. The van der Waals surface area contributed by atoms with Crippen LogP contribution in [0.4, 0.5) is 11.4 Å². The Morgan fingerprint density at radius 1 is 1.12 bits per heavy atom. The maximum atomic E-state index is 6.34. The van der Waals surface area contributed by atoms with Crippen molar-refractivity contribution in [2.45, 2.75) is 20.3 Å². The van der Waals surface area contributed by atoms with Gasteiger partial charge in [-0.1, -0.05) is 47.8 Å². The SMILES string of the molecule is CCCN(/N=C(/C)c1cc(Cl)ccc1NC)c1c(Cl)cccc1Cl. The topological polar surface area (TPSA) is 27.6 Å². The van der Waals surface area contributed by atoms with Crippen molar-refractivity contribution < 1.29 is 0 Å². The van der Waals surface area contributed by atoms with E-state index in [0.717, 1.165) is 29.1 Å². The lowest BCUT2D eigenvalue weighted by atomic mass is 10.1. The third-order valence-electron chi connectivity index (χ3n) is 3.54. The van der Waals surface area contributed by atoms with Crippen LogP contribution >= 0.6 is 34.8 Å². The van der Waals surface area contributed by atoms with Crippen molar-refractivity contribution in [1.82, 2.24) is 0 Å². The Kier molecular flexibility index (Phi) is 6.79. The summed E-state index contributed by atoms with van der Waals surface area (Å²) in [7, 11) is 1.87. The number of para-hydroxylation sites is 1. The Morgan fingerprint density at radius 3 is 2.38 bits per heavy atom. The average molecular weight is 385 g/mol. The molecule has 0 fully saturated rings. The van der Waals surface area contributed by atoms with E-state index in [2.05, 4.69) is 12.2 Å². The van der Waals surface area contributed by atoms with Gasteiger partial charge < -0.3 is 5.32 Å². The van der Waals surface area contributed by atoms with Gasteiger partial charge in [-0.05, 0) is 43.7 Å². The first-order chi connectivity index (χ1) is 11.5. The molecule has 0 aromatic heterocycles. The van der Waals surface area contributed by atoms with E-state index in [1.807, 2.05) is 55.4 Å². The van der Waals surface area contributed by atoms with Gasteiger partial charge in [-0.25, -0.2) is 0 Å². The van der Waals surface area contributed by atoms with Crippen LogP contribution in [0, 0.1) is 0 Å². The second-order valence-electron chi connectivity index (χ2n) is 5.32. The summed E-state index contributed by atoms with van der Waals surface area (Å²) < 4.78 is 0. The molecule has 0 unspecified atom stereocenters. The van der Waals surface area contributed by atoms with Gasteiger partial charge in [0.25, 0.3) is 0 Å². The normalized spacial score (nSPS) is 11.5. The summed E-state index contributed by atoms with van der Waals surface area (Å²) in [5.41, 5.74) is 3.44. The summed E-state index contributed by atoms with van der Waals surface area (Å²) >= 11 is 18.8. The second kappa shape index (κ2) is 8.61. The summed E-state index contributed by atoms with van der Waals surface area (Å²) in [6.45, 7) is 4.73. The number of hydrogen-bond donors (Lipinski definition) is 1. The van der Waals surface area contributed by atoms with Crippen LogP contribution in [0.25, 0.3) is 0 Å². The minimum Gasteiger partial charge on any atom is -0.388 e. The Bertz CT molecular complexity index is 724. The Morgan fingerprint density at radius 2 is 1.79 bits per heavy atom. The van der Waals surface area contributed by atoms with Crippen molar-refractivity contribution in [3.8, 4) is 0 Å². The molecule has 0 amide bonds. The minimum absolute atomic E-state index is 0.576. The van der Waals surface area contributed by atoms with Crippen molar-refractivity contribution in [3.05, 3.63) is 57.0 Å². The van der Waals surface area contributed by atoms with Crippen molar-refractivity contribution in [1.29, 1.82) is 0 Å². The maximum absolute atomic E-state index is 6.34. The van der Waals surface area contributed by atoms with E-state index in [1.54, 1.807) is 0 Å². The first-order valence-electron chi connectivity index (χ1n) is 7.72. The molecule has 0 saturated carbocycles. The molecule has 0 aliphatic carbocycles. The molecule has 0 radical (unpaired) electrons. The van der Waals surface area contributed by atoms with Gasteiger partial charge in [-0.15, -0.1) is 0 Å².